The summed E-state index contributed by atoms with van der Waals surface area (Å²) in [6, 6.07) is 0. The first-order valence-corrected chi connectivity index (χ1v) is 5.55. The van der Waals surface area contributed by atoms with E-state index < -0.39 is 0 Å². The molecule has 84 valence electrons. The minimum Gasteiger partial charge on any atom is -0.343 e. The van der Waals surface area contributed by atoms with Gasteiger partial charge >= 0.3 is 0 Å². The van der Waals surface area contributed by atoms with Gasteiger partial charge in [0, 0.05) is 0 Å². The number of hydrogen-bond acceptors (Lipinski definition) is 4. The van der Waals surface area contributed by atoms with Crippen molar-refractivity contribution in [3.63, 3.8) is 0 Å². The molecule has 0 unspecified atom stereocenters. The second-order valence-corrected chi connectivity index (χ2v) is 4.24. The van der Waals surface area contributed by atoms with E-state index in [2.05, 4.69) is 31.9 Å². The molecule has 2 N–H and O–H groups in total. The molecule has 0 spiro atoms. The van der Waals surface area contributed by atoms with E-state index in [1.807, 2.05) is 0 Å². The average molecular weight is 219 g/mol. The number of fused-ring (bicyclic) bond motifs is 1. The monoisotopic (exact) mass is 219 g/mol. The Balaban J connectivity index is 1.96. The fraction of sp³-hybridized carbons (Fsp3) is 0.500. The van der Waals surface area contributed by atoms with Crippen LogP contribution in [0.3, 0.4) is 0 Å². The lowest BCUT2D eigenvalue weighted by atomic mass is 10.3. The van der Waals surface area contributed by atoms with Crippen LogP contribution in [0.5, 0.6) is 0 Å². The average Bonchev–Trinajstić information content (AvgIpc) is 2.78. The fourth-order valence-corrected chi connectivity index (χ4v) is 2.09. The lowest BCUT2D eigenvalue weighted by Crippen LogP contribution is -3.12. The molecule has 0 radical (unpaired) electrons. The third-order valence-electron chi connectivity index (χ3n) is 3.12. The number of piperazine rings is 1. The number of nitrogens with one attached hydrogen (secondary N) is 2. The van der Waals surface area contributed by atoms with Crippen LogP contribution in [0.1, 0.15) is 0 Å². The van der Waals surface area contributed by atoms with Crippen LogP contribution in [0.4, 0.5) is 5.82 Å². The zero-order chi connectivity index (χ0) is 11.0. The summed E-state index contributed by atoms with van der Waals surface area (Å²) < 4.78 is 0. The molecule has 16 heavy (non-hydrogen) atoms. The number of anilines is 1. The first-order valence-electron chi connectivity index (χ1n) is 5.55. The van der Waals surface area contributed by atoms with Gasteiger partial charge in [0.2, 0.25) is 0 Å². The van der Waals surface area contributed by atoms with E-state index in [9.17, 15) is 0 Å². The molecule has 1 fully saturated rings. The number of likely N-dealkylation sites (N-methyl/N-ethyl adjacent to an activating group) is 1. The van der Waals surface area contributed by atoms with Crippen LogP contribution in [0.2, 0.25) is 0 Å². The summed E-state index contributed by atoms with van der Waals surface area (Å²) in [7, 11) is 2.23. The number of imidazole rings is 1. The molecule has 2 aromatic heterocycles. The van der Waals surface area contributed by atoms with Gasteiger partial charge in [0.25, 0.3) is 0 Å². The molecule has 1 aliphatic heterocycles. The van der Waals surface area contributed by atoms with Gasteiger partial charge in [0.05, 0.1) is 39.6 Å². The summed E-state index contributed by atoms with van der Waals surface area (Å²) in [5.74, 6) is 0.981. The second-order valence-electron chi connectivity index (χ2n) is 4.24. The van der Waals surface area contributed by atoms with E-state index in [1.165, 1.54) is 0 Å². The third-order valence-corrected chi connectivity index (χ3v) is 3.12. The number of aromatic nitrogens is 4. The number of nitrogens with zero attached hydrogens (tertiary/aromatic N) is 4. The van der Waals surface area contributed by atoms with Gasteiger partial charge in [-0.05, 0) is 0 Å². The van der Waals surface area contributed by atoms with Crippen LogP contribution in [0, 0.1) is 0 Å². The van der Waals surface area contributed by atoms with Crippen molar-refractivity contribution in [2.75, 3.05) is 38.1 Å². The van der Waals surface area contributed by atoms with E-state index >= 15 is 0 Å². The van der Waals surface area contributed by atoms with Crippen molar-refractivity contribution in [1.29, 1.82) is 0 Å². The molecule has 3 heterocycles. The van der Waals surface area contributed by atoms with Gasteiger partial charge in [0.1, 0.15) is 11.8 Å². The summed E-state index contributed by atoms with van der Waals surface area (Å²) in [6.07, 6.45) is 3.26. The van der Waals surface area contributed by atoms with Gasteiger partial charge in [-0.25, -0.2) is 15.0 Å². The van der Waals surface area contributed by atoms with Crippen LogP contribution in [0.15, 0.2) is 12.7 Å². The van der Waals surface area contributed by atoms with Gasteiger partial charge in [-0.1, -0.05) is 0 Å². The Labute approximate surface area is 93.3 Å². The number of H-pyrrole nitrogens is 1. The van der Waals surface area contributed by atoms with Gasteiger partial charge in [0.15, 0.2) is 11.5 Å². The Morgan fingerprint density at radius 3 is 2.88 bits per heavy atom. The maximum absolute atomic E-state index is 4.36. The summed E-state index contributed by atoms with van der Waals surface area (Å²) in [6.45, 7) is 4.38. The van der Waals surface area contributed by atoms with Crippen molar-refractivity contribution in [2.45, 2.75) is 0 Å². The van der Waals surface area contributed by atoms with Crippen molar-refractivity contribution in [3.8, 4) is 0 Å². The maximum Gasteiger partial charge on any atom is 0.182 e. The second kappa shape index (κ2) is 3.71. The molecule has 0 aliphatic carbocycles. The lowest BCUT2D eigenvalue weighted by Gasteiger charge is -2.30. The summed E-state index contributed by atoms with van der Waals surface area (Å²) in [4.78, 5) is 19.6. The molecule has 3 rings (SSSR count). The first kappa shape index (κ1) is 9.53. The molecule has 6 heteroatoms. The van der Waals surface area contributed by atoms with E-state index in [0.717, 1.165) is 43.2 Å². The predicted octanol–water partition coefficient (Wildman–Crippen LogP) is -1.31. The summed E-state index contributed by atoms with van der Waals surface area (Å²) >= 11 is 0. The Bertz CT molecular complexity index is 485. The summed E-state index contributed by atoms with van der Waals surface area (Å²) in [5, 5.41) is 0. The SMILES string of the molecule is C[NH+]1CCN(c2ncnc3nc[nH]c23)CC1. The van der Waals surface area contributed by atoms with Gasteiger partial charge < -0.3 is 14.8 Å². The predicted molar refractivity (Wildman–Crippen MR) is 60.5 cm³/mol. The normalized spacial score (nSPS) is 18.2. The van der Waals surface area contributed by atoms with Crippen LogP contribution in [-0.4, -0.2) is 53.2 Å². The van der Waals surface area contributed by atoms with Crippen LogP contribution < -0.4 is 9.80 Å². The molecule has 0 saturated carbocycles. The minimum atomic E-state index is 0.747. The molecule has 0 bridgehead atoms. The number of aromatic amines is 1. The van der Waals surface area contributed by atoms with E-state index in [4.69, 9.17) is 0 Å². The number of rotatable bonds is 1. The zero-order valence-corrected chi connectivity index (χ0v) is 9.27. The smallest absolute Gasteiger partial charge is 0.182 e. The van der Waals surface area contributed by atoms with E-state index in [1.54, 1.807) is 17.6 Å². The quantitative estimate of drug-likeness (QED) is 0.625. The zero-order valence-electron chi connectivity index (χ0n) is 9.27. The minimum absolute atomic E-state index is 0.747. The number of quaternary nitrogens is 1. The lowest BCUT2D eigenvalue weighted by molar-refractivity contribution is -0.880. The van der Waals surface area contributed by atoms with Crippen molar-refractivity contribution in [1.82, 2.24) is 19.9 Å². The van der Waals surface area contributed by atoms with E-state index in [0.29, 0.717) is 0 Å². The molecule has 6 nitrogen and oxygen atoms in total. The summed E-state index contributed by atoms with van der Waals surface area (Å²) in [5.41, 5.74) is 1.69. The Hall–Kier alpha value is -1.69. The molecule has 0 amide bonds. The van der Waals surface area contributed by atoms with E-state index in [-0.39, 0.29) is 0 Å². The largest absolute Gasteiger partial charge is 0.343 e. The highest BCUT2D eigenvalue weighted by molar-refractivity contribution is 5.82. The number of hydrogen-bond donors (Lipinski definition) is 2. The topological polar surface area (TPSA) is 62.1 Å². The van der Waals surface area contributed by atoms with Crippen molar-refractivity contribution in [3.05, 3.63) is 12.7 Å². The molecule has 2 aromatic rings. The molecule has 0 aromatic carbocycles. The molecule has 1 saturated heterocycles. The molecule has 0 atom stereocenters. The van der Waals surface area contributed by atoms with Crippen molar-refractivity contribution in [2.24, 2.45) is 0 Å². The van der Waals surface area contributed by atoms with Gasteiger partial charge in [-0.15, -0.1) is 0 Å². The highest BCUT2D eigenvalue weighted by Crippen LogP contribution is 2.18. The Kier molecular flexibility index (Phi) is 2.21. The van der Waals surface area contributed by atoms with Crippen LogP contribution in [0.25, 0.3) is 11.2 Å². The maximum atomic E-state index is 4.36. The standard InChI is InChI=1S/C10H14N6/c1-15-2-4-16(5-3-15)10-8-9(12-6-11-8)13-7-14-10/h6-7H,2-5H2,1H3,(H,11,12,13,14)/p+1. The van der Waals surface area contributed by atoms with Crippen LogP contribution in [-0.2, 0) is 0 Å². The highest BCUT2D eigenvalue weighted by atomic mass is 15.3. The van der Waals surface area contributed by atoms with Crippen molar-refractivity contribution < 1.29 is 4.90 Å². The van der Waals surface area contributed by atoms with Gasteiger partial charge in [-0.3, -0.25) is 0 Å². The third kappa shape index (κ3) is 1.51. The molecular formula is C10H15N6+. The molecular weight excluding hydrogens is 204 g/mol. The Morgan fingerprint density at radius 1 is 1.25 bits per heavy atom. The first-order chi connectivity index (χ1) is 7.84. The van der Waals surface area contributed by atoms with Gasteiger partial charge in [-0.2, -0.15) is 0 Å². The molecule has 1 aliphatic rings. The van der Waals surface area contributed by atoms with Crippen molar-refractivity contribution >= 4 is 17.0 Å². The fourth-order valence-electron chi connectivity index (χ4n) is 2.09. The highest BCUT2D eigenvalue weighted by Gasteiger charge is 2.20. The Morgan fingerprint density at radius 2 is 2.06 bits per heavy atom. The van der Waals surface area contributed by atoms with Crippen LogP contribution >= 0.6 is 0 Å².